The van der Waals surface area contributed by atoms with E-state index in [1.54, 1.807) is 35.6 Å². The Hall–Kier alpha value is -1.84. The zero-order valence-corrected chi connectivity index (χ0v) is 18.1. The predicted octanol–water partition coefficient (Wildman–Crippen LogP) is 1.51. The Morgan fingerprint density at radius 2 is 1.52 bits per heavy atom. The lowest BCUT2D eigenvalue weighted by molar-refractivity contribution is -0.131. The molecule has 2 aliphatic heterocycles. The van der Waals surface area contributed by atoms with Crippen LogP contribution in [0.25, 0.3) is 0 Å². The Morgan fingerprint density at radius 1 is 0.897 bits per heavy atom. The Labute approximate surface area is 173 Å². The first kappa shape index (κ1) is 21.9. The van der Waals surface area contributed by atoms with Crippen molar-refractivity contribution in [2.24, 2.45) is 0 Å². The van der Waals surface area contributed by atoms with Crippen LogP contribution < -0.4 is 9.47 Å². The SMILES string of the molecule is COc1ccc(CC(=O)N2CCN(S(=O)(=O)N3CCCCCC3)CC2)c(OC)c1. The average molecular weight is 426 g/mol. The van der Waals surface area contributed by atoms with Gasteiger partial charge in [-0.05, 0) is 18.9 Å². The molecule has 3 rings (SSSR count). The zero-order valence-electron chi connectivity index (χ0n) is 17.3. The number of piperazine rings is 1. The quantitative estimate of drug-likeness (QED) is 0.690. The molecule has 9 heteroatoms. The number of nitrogens with zero attached hydrogens (tertiary/aromatic N) is 3. The third kappa shape index (κ3) is 5.21. The molecule has 0 unspecified atom stereocenters. The molecule has 0 N–H and O–H groups in total. The van der Waals surface area contributed by atoms with Gasteiger partial charge in [-0.25, -0.2) is 0 Å². The van der Waals surface area contributed by atoms with Gasteiger partial charge in [-0.3, -0.25) is 4.79 Å². The first-order valence-electron chi connectivity index (χ1n) is 10.2. The van der Waals surface area contributed by atoms with Gasteiger partial charge in [0.2, 0.25) is 5.91 Å². The second-order valence-electron chi connectivity index (χ2n) is 7.46. The minimum absolute atomic E-state index is 0.0275. The second-order valence-corrected chi connectivity index (χ2v) is 9.38. The van der Waals surface area contributed by atoms with Gasteiger partial charge in [0, 0.05) is 50.9 Å². The maximum atomic E-state index is 12.9. The molecule has 2 aliphatic rings. The lowest BCUT2D eigenvalue weighted by Gasteiger charge is -2.36. The van der Waals surface area contributed by atoms with Crippen LogP contribution in [0, 0.1) is 0 Å². The summed E-state index contributed by atoms with van der Waals surface area (Å²) in [7, 11) is -0.293. The van der Waals surface area contributed by atoms with Crippen molar-refractivity contribution < 1.29 is 22.7 Å². The Bertz CT molecular complexity index is 798. The van der Waals surface area contributed by atoms with E-state index in [-0.39, 0.29) is 12.3 Å². The maximum absolute atomic E-state index is 12.9. The van der Waals surface area contributed by atoms with Gasteiger partial charge in [-0.15, -0.1) is 0 Å². The highest BCUT2D eigenvalue weighted by Gasteiger charge is 2.33. The summed E-state index contributed by atoms with van der Waals surface area (Å²) < 4.78 is 39.5. The number of rotatable bonds is 6. The standard InChI is InChI=1S/C20H31N3O5S/c1-27-18-8-7-17(19(16-18)28-2)15-20(24)21-11-13-23(14-12-21)29(25,26)22-9-5-3-4-6-10-22/h7-8,16H,3-6,9-15H2,1-2H3. The van der Waals surface area contributed by atoms with E-state index in [1.807, 2.05) is 6.07 Å². The lowest BCUT2D eigenvalue weighted by atomic mass is 10.1. The molecule has 0 aliphatic carbocycles. The molecule has 0 saturated carbocycles. The first-order valence-corrected chi connectivity index (χ1v) is 11.6. The predicted molar refractivity (Wildman–Crippen MR) is 110 cm³/mol. The van der Waals surface area contributed by atoms with Gasteiger partial charge in [-0.2, -0.15) is 17.0 Å². The molecule has 2 heterocycles. The van der Waals surface area contributed by atoms with Gasteiger partial charge in [0.1, 0.15) is 11.5 Å². The smallest absolute Gasteiger partial charge is 0.282 e. The van der Waals surface area contributed by atoms with E-state index < -0.39 is 10.2 Å². The highest BCUT2D eigenvalue weighted by Crippen LogP contribution is 2.26. The summed E-state index contributed by atoms with van der Waals surface area (Å²) in [5, 5.41) is 0. The van der Waals surface area contributed by atoms with Crippen molar-refractivity contribution in [2.75, 3.05) is 53.5 Å². The van der Waals surface area contributed by atoms with Crippen LogP contribution in [0.3, 0.4) is 0 Å². The van der Waals surface area contributed by atoms with Crippen LogP contribution in [-0.4, -0.2) is 81.3 Å². The van der Waals surface area contributed by atoms with Crippen LogP contribution in [0.5, 0.6) is 11.5 Å². The van der Waals surface area contributed by atoms with E-state index in [2.05, 4.69) is 0 Å². The van der Waals surface area contributed by atoms with Gasteiger partial charge in [-0.1, -0.05) is 18.9 Å². The van der Waals surface area contributed by atoms with Crippen molar-refractivity contribution in [1.82, 2.24) is 13.5 Å². The molecule has 0 atom stereocenters. The summed E-state index contributed by atoms with van der Waals surface area (Å²) in [6, 6.07) is 5.39. The molecule has 1 aromatic rings. The molecule has 8 nitrogen and oxygen atoms in total. The molecule has 2 saturated heterocycles. The maximum Gasteiger partial charge on any atom is 0.282 e. The molecular weight excluding hydrogens is 394 g/mol. The van der Waals surface area contributed by atoms with Crippen molar-refractivity contribution in [2.45, 2.75) is 32.1 Å². The van der Waals surface area contributed by atoms with E-state index in [1.165, 1.54) is 4.31 Å². The summed E-state index contributed by atoms with van der Waals surface area (Å²) in [5.74, 6) is 1.26. The monoisotopic (exact) mass is 425 g/mol. The van der Waals surface area contributed by atoms with E-state index in [9.17, 15) is 13.2 Å². The van der Waals surface area contributed by atoms with Crippen LogP contribution in [-0.2, 0) is 21.4 Å². The van der Waals surface area contributed by atoms with Crippen LogP contribution in [0.15, 0.2) is 18.2 Å². The lowest BCUT2D eigenvalue weighted by Crippen LogP contribution is -2.54. The van der Waals surface area contributed by atoms with Crippen molar-refractivity contribution in [3.63, 3.8) is 0 Å². The molecule has 0 spiro atoms. The number of ether oxygens (including phenoxy) is 2. The summed E-state index contributed by atoms with van der Waals surface area (Å²) in [5.41, 5.74) is 0.790. The van der Waals surface area contributed by atoms with Crippen LogP contribution in [0.4, 0.5) is 0 Å². The van der Waals surface area contributed by atoms with Crippen molar-refractivity contribution >= 4 is 16.1 Å². The molecule has 29 heavy (non-hydrogen) atoms. The third-order valence-electron chi connectivity index (χ3n) is 5.64. The fraction of sp³-hybridized carbons (Fsp3) is 0.650. The average Bonchev–Trinajstić information content (AvgIpc) is 3.04. The third-order valence-corrected chi connectivity index (χ3v) is 7.68. The molecule has 1 aromatic carbocycles. The van der Waals surface area contributed by atoms with Crippen molar-refractivity contribution in [3.05, 3.63) is 23.8 Å². The normalized spacial score (nSPS) is 19.6. The number of amides is 1. The van der Waals surface area contributed by atoms with E-state index in [0.717, 1.165) is 31.2 Å². The number of benzene rings is 1. The number of hydrogen-bond acceptors (Lipinski definition) is 5. The number of carbonyl (C=O) groups is 1. The summed E-state index contributed by atoms with van der Waals surface area (Å²) in [6.45, 7) is 2.68. The van der Waals surface area contributed by atoms with Crippen LogP contribution in [0.2, 0.25) is 0 Å². The number of methoxy groups -OCH3 is 2. The molecule has 1 amide bonds. The molecule has 2 fully saturated rings. The zero-order chi connectivity index (χ0) is 20.9. The topological polar surface area (TPSA) is 79.4 Å². The van der Waals surface area contributed by atoms with Crippen LogP contribution in [0.1, 0.15) is 31.2 Å². The molecule has 0 aromatic heterocycles. The number of hydrogen-bond donors (Lipinski definition) is 0. The van der Waals surface area contributed by atoms with Crippen LogP contribution >= 0.6 is 0 Å². The van der Waals surface area contributed by atoms with Gasteiger partial charge in [0.25, 0.3) is 10.2 Å². The molecule has 162 valence electrons. The van der Waals surface area contributed by atoms with E-state index in [0.29, 0.717) is 50.8 Å². The van der Waals surface area contributed by atoms with E-state index >= 15 is 0 Å². The van der Waals surface area contributed by atoms with Crippen molar-refractivity contribution in [1.29, 1.82) is 0 Å². The summed E-state index contributed by atoms with van der Waals surface area (Å²) in [6.07, 6.45) is 4.22. The highest BCUT2D eigenvalue weighted by molar-refractivity contribution is 7.86. The largest absolute Gasteiger partial charge is 0.497 e. The summed E-state index contributed by atoms with van der Waals surface area (Å²) in [4.78, 5) is 14.5. The Kier molecular flexibility index (Phi) is 7.37. The summed E-state index contributed by atoms with van der Waals surface area (Å²) >= 11 is 0. The van der Waals surface area contributed by atoms with Gasteiger partial charge in [0.15, 0.2) is 0 Å². The van der Waals surface area contributed by atoms with Crippen molar-refractivity contribution in [3.8, 4) is 11.5 Å². The molecule has 0 radical (unpaired) electrons. The minimum Gasteiger partial charge on any atom is -0.497 e. The van der Waals surface area contributed by atoms with Gasteiger partial charge < -0.3 is 14.4 Å². The fourth-order valence-corrected chi connectivity index (χ4v) is 5.55. The van der Waals surface area contributed by atoms with Gasteiger partial charge >= 0.3 is 0 Å². The van der Waals surface area contributed by atoms with Gasteiger partial charge in [0.05, 0.1) is 20.6 Å². The van der Waals surface area contributed by atoms with E-state index in [4.69, 9.17) is 9.47 Å². The fourth-order valence-electron chi connectivity index (χ4n) is 3.88. The second kappa shape index (κ2) is 9.77. The Morgan fingerprint density at radius 3 is 2.10 bits per heavy atom. The minimum atomic E-state index is -3.44. The first-order chi connectivity index (χ1) is 14.0. The molecular formula is C20H31N3O5S. The molecule has 0 bridgehead atoms. The highest BCUT2D eigenvalue weighted by atomic mass is 32.2. The Balaban J connectivity index is 1.58. The number of carbonyl (C=O) groups excluding carboxylic acids is 1.